The van der Waals surface area contributed by atoms with Crippen LogP contribution in [0.2, 0.25) is 17.4 Å². The predicted molar refractivity (Wildman–Crippen MR) is 29.1 cm³/mol. The van der Waals surface area contributed by atoms with E-state index in [1.807, 2.05) is 5.82 Å². The molecule has 0 amide bonds. The number of rotatable bonds is 0. The van der Waals surface area contributed by atoms with E-state index in [0.717, 1.165) is 15.2 Å². The average molecular weight is 151 g/mol. The minimum atomic E-state index is 0.750. The summed E-state index contributed by atoms with van der Waals surface area (Å²) < 4.78 is 0. The second-order valence-corrected chi connectivity index (χ2v) is 1.73. The van der Waals surface area contributed by atoms with Gasteiger partial charge in [-0.3, -0.25) is 0 Å². The van der Waals surface area contributed by atoms with Crippen molar-refractivity contribution in [2.75, 3.05) is 0 Å². The molecule has 0 saturated carbocycles. The molecule has 0 aromatic rings. The smallest absolute Gasteiger partial charge is 0.115 e. The van der Waals surface area contributed by atoms with Crippen molar-refractivity contribution in [1.29, 1.82) is 0 Å². The first kappa shape index (κ1) is 9.41. The van der Waals surface area contributed by atoms with Crippen LogP contribution in [0.3, 0.4) is 0 Å². The summed E-state index contributed by atoms with van der Waals surface area (Å²) in [6.07, 6.45) is 0. The zero-order valence-corrected chi connectivity index (χ0v) is 6.85. The van der Waals surface area contributed by atoms with Crippen molar-refractivity contribution in [3.05, 3.63) is 0 Å². The number of hydrogen-bond acceptors (Lipinski definition) is 0. The van der Waals surface area contributed by atoms with Gasteiger partial charge in [0.1, 0.15) is 0 Å². The molecule has 0 bridgehead atoms. The van der Waals surface area contributed by atoms with Gasteiger partial charge in [-0.25, -0.2) is 0 Å². The molecule has 2 heteroatoms. The Labute approximate surface area is 48.9 Å². The third-order valence-electron chi connectivity index (χ3n) is 0. The van der Waals surface area contributed by atoms with Gasteiger partial charge in [0.05, 0.1) is 0 Å². The van der Waals surface area contributed by atoms with Crippen molar-refractivity contribution < 1.29 is 0 Å². The van der Waals surface area contributed by atoms with E-state index in [1.165, 1.54) is 0 Å². The van der Waals surface area contributed by atoms with Crippen LogP contribution in [0.4, 0.5) is 0 Å². The molecule has 0 unspecified atom stereocenters. The van der Waals surface area contributed by atoms with E-state index >= 15 is 0 Å². The van der Waals surface area contributed by atoms with Gasteiger partial charge in [0.2, 0.25) is 0 Å². The van der Waals surface area contributed by atoms with Crippen LogP contribution in [0.5, 0.6) is 0 Å². The maximum atomic E-state index is 2.62. The van der Waals surface area contributed by atoms with Gasteiger partial charge in [0.25, 0.3) is 0 Å². The molecule has 0 N–H and O–H groups in total. The van der Waals surface area contributed by atoms with Crippen LogP contribution in [0, 0.1) is 0 Å². The molecular weight excluding hydrogens is 142 g/mol. The third-order valence-corrected chi connectivity index (χ3v) is 0. The second-order valence-electron chi connectivity index (χ2n) is 0.577. The first-order valence-corrected chi connectivity index (χ1v) is 5.59. The Hall–Kier alpha value is 1.05. The molecule has 0 nitrogen and oxygen atoms in total. The fourth-order valence-electron chi connectivity index (χ4n) is 0. The Bertz CT molecular complexity index is 6.85. The largest absolute Gasteiger partial charge is 0.191 e. The fraction of sp³-hybridized carbons (Fsp3) is 1.00. The van der Waals surface area contributed by atoms with Crippen molar-refractivity contribution in [3.63, 3.8) is 0 Å². The Balaban J connectivity index is 0. The molecule has 0 spiro atoms. The Morgan fingerprint density at radius 2 is 1.20 bits per heavy atom. The van der Waals surface area contributed by atoms with E-state index in [1.54, 1.807) is 0 Å². The van der Waals surface area contributed by atoms with E-state index in [4.69, 9.17) is 0 Å². The topological polar surface area (TPSA) is 0 Å². The molecule has 0 saturated heterocycles. The summed E-state index contributed by atoms with van der Waals surface area (Å²) in [7, 11) is 0. The normalized spacial score (nSPS) is 4.00. The summed E-state index contributed by atoms with van der Waals surface area (Å²) in [4.78, 5) is 0. The average Bonchev–Trinajstić information content (AvgIpc) is 1.46. The zero-order valence-electron chi connectivity index (χ0n) is 3.99. The van der Waals surface area contributed by atoms with Gasteiger partial charge < -0.3 is 0 Å². The molecule has 0 aliphatic carbocycles. The van der Waals surface area contributed by atoms with E-state index in [0.29, 0.717) is 0 Å². The van der Waals surface area contributed by atoms with Crippen LogP contribution in [0.1, 0.15) is 0 Å². The van der Waals surface area contributed by atoms with Crippen molar-refractivity contribution in [3.8, 4) is 0 Å². The first-order valence-electron chi connectivity index (χ1n) is 1.56. The van der Waals surface area contributed by atoms with Gasteiger partial charge in [-0.05, 0) is 0 Å². The van der Waals surface area contributed by atoms with E-state index < -0.39 is 0 Å². The molecule has 0 atom stereocenters. The molecule has 0 aliphatic rings. The molecule has 0 aromatic heterocycles. The summed E-state index contributed by atoms with van der Waals surface area (Å²) >= 11 is 3.38. The van der Waals surface area contributed by atoms with E-state index in [-0.39, 0.29) is 0 Å². The fourth-order valence-corrected chi connectivity index (χ4v) is 0. The standard InChI is InChI=1S/CH3Se.2CH3.Al/c1-2;;;/h1H3;2*1H3;. The molecule has 0 fully saturated rings. The van der Waals surface area contributed by atoms with Gasteiger partial charge in [-0.2, -0.15) is 0 Å². The van der Waals surface area contributed by atoms with Gasteiger partial charge in [-0.15, -0.1) is 11.6 Å². The van der Waals surface area contributed by atoms with Crippen LogP contribution in [-0.2, 0) is 0 Å². The first-order chi connectivity index (χ1) is 2.41. The second kappa shape index (κ2) is 19.7. The van der Waals surface area contributed by atoms with E-state index in [9.17, 15) is 0 Å². The summed E-state index contributed by atoms with van der Waals surface area (Å²) in [5.41, 5.74) is 0. The van der Waals surface area contributed by atoms with Gasteiger partial charge in [-0.1, -0.05) is 0 Å². The van der Waals surface area contributed by atoms with Crippen LogP contribution < -0.4 is 0 Å². The third kappa shape index (κ3) is 42.5. The minimum Gasteiger partial charge on any atom is -0.115 e. The predicted octanol–water partition coefficient (Wildman–Crippen LogP) is 0.990. The van der Waals surface area contributed by atoms with E-state index in [2.05, 4.69) is 27.6 Å². The van der Waals surface area contributed by atoms with Crippen molar-refractivity contribution >= 4 is 31.2 Å². The quantitative estimate of drug-likeness (QED) is 0.453. The molecule has 2 radical (unpaired) electrons. The Morgan fingerprint density at radius 1 is 1.20 bits per heavy atom. The summed E-state index contributed by atoms with van der Waals surface area (Å²) in [5, 5.41) is 0. The van der Waals surface area contributed by atoms with Gasteiger partial charge >= 0.3 is 21.8 Å². The minimum absolute atomic E-state index is 0.750. The molecule has 0 rings (SSSR count). The number of hydrogen-bond donors (Lipinski definition) is 0. The van der Waals surface area contributed by atoms with Crippen molar-refractivity contribution in [1.82, 2.24) is 0 Å². The maximum Gasteiger partial charge on any atom is 0.191 e. The van der Waals surface area contributed by atoms with Crippen LogP contribution in [0.25, 0.3) is 0 Å². The molecule has 0 aromatic carbocycles. The van der Waals surface area contributed by atoms with Crippen LogP contribution >= 0.6 is 0 Å². The molecule has 5 heavy (non-hydrogen) atoms. The summed E-state index contributed by atoms with van der Waals surface area (Å²) in [5.74, 6) is 6.29. The molecule has 0 aliphatic heterocycles. The summed E-state index contributed by atoms with van der Waals surface area (Å²) in [6.45, 7) is 0. The molecule has 30 valence electrons. The zero-order chi connectivity index (χ0) is 4.71. The Morgan fingerprint density at radius 3 is 1.20 bits per heavy atom. The van der Waals surface area contributed by atoms with Gasteiger partial charge in [0.15, 0.2) is 15.2 Å². The monoisotopic (exact) mass is 152 g/mol. The SMILES string of the molecule is C[Se].[CH3][Al][CH3]. The van der Waals surface area contributed by atoms with Crippen molar-refractivity contribution in [2.24, 2.45) is 0 Å². The molecular formula is C3H9AlSe. The van der Waals surface area contributed by atoms with Gasteiger partial charge in [0, 0.05) is 0 Å². The Kier molecular flexibility index (Phi) is 37.1. The summed E-state index contributed by atoms with van der Waals surface area (Å²) in [6, 6.07) is 0. The van der Waals surface area contributed by atoms with Crippen molar-refractivity contribution in [2.45, 2.75) is 17.4 Å². The molecule has 0 heterocycles. The van der Waals surface area contributed by atoms with Crippen LogP contribution in [-0.4, -0.2) is 31.2 Å². The maximum absolute atomic E-state index is 2.62. The van der Waals surface area contributed by atoms with Crippen LogP contribution in [0.15, 0.2) is 0 Å².